The van der Waals surface area contributed by atoms with Crippen LogP contribution in [0.4, 0.5) is 22.4 Å². The van der Waals surface area contributed by atoms with Gasteiger partial charge < -0.3 is 10.2 Å². The Balaban J connectivity index is 1.60. The van der Waals surface area contributed by atoms with Gasteiger partial charge in [0.05, 0.1) is 22.9 Å². The summed E-state index contributed by atoms with van der Waals surface area (Å²) in [6, 6.07) is 1.82. The highest BCUT2D eigenvalue weighted by Gasteiger charge is 2.33. The molecule has 0 unspecified atom stereocenters. The fourth-order valence-corrected chi connectivity index (χ4v) is 4.27. The number of aryl methyl sites for hydroxylation is 1. The van der Waals surface area contributed by atoms with E-state index in [-0.39, 0.29) is 24.1 Å². The molecule has 1 aliphatic rings. The van der Waals surface area contributed by atoms with Crippen molar-refractivity contribution in [3.8, 4) is 0 Å². The molecule has 0 bridgehead atoms. The van der Waals surface area contributed by atoms with Crippen LogP contribution in [-0.2, 0) is 6.18 Å². The Bertz CT molecular complexity index is 1160. The van der Waals surface area contributed by atoms with Gasteiger partial charge in [0, 0.05) is 23.8 Å². The predicted octanol–water partition coefficient (Wildman–Crippen LogP) is 4.27. The average molecular weight is 510 g/mol. The van der Waals surface area contributed by atoms with Crippen LogP contribution in [0, 0.1) is 12.7 Å². The third-order valence-corrected chi connectivity index (χ3v) is 6.09. The van der Waals surface area contributed by atoms with Crippen LogP contribution in [0.3, 0.4) is 0 Å². The lowest BCUT2D eigenvalue weighted by molar-refractivity contribution is -0.137. The zero-order valence-corrected chi connectivity index (χ0v) is 20.2. The largest absolute Gasteiger partial charge is 0.416 e. The van der Waals surface area contributed by atoms with Crippen LogP contribution in [0.2, 0.25) is 0 Å². The summed E-state index contributed by atoms with van der Waals surface area (Å²) >= 11 is 0. The van der Waals surface area contributed by atoms with E-state index in [1.165, 1.54) is 6.20 Å². The molecule has 0 radical (unpaired) electrons. The van der Waals surface area contributed by atoms with E-state index in [4.69, 9.17) is 0 Å². The third kappa shape index (κ3) is 6.10. The highest BCUT2D eigenvalue weighted by molar-refractivity contribution is 5.96. The SMILES string of the molecule is Cc1cc(C(=O)N2[C@H](C)CC[C@@H]2C)cnc1[C@@H](C)NC(=O)NNC(=O)c1cc(F)cc(C(F)(F)F)c1. The summed E-state index contributed by atoms with van der Waals surface area (Å²) in [6.45, 7) is 7.38. The van der Waals surface area contributed by atoms with Gasteiger partial charge in [-0.05, 0) is 70.4 Å². The van der Waals surface area contributed by atoms with Crippen LogP contribution >= 0.6 is 0 Å². The lowest BCUT2D eigenvalue weighted by Crippen LogP contribution is -2.47. The molecule has 3 atom stereocenters. The molecule has 36 heavy (non-hydrogen) atoms. The Morgan fingerprint density at radius 3 is 2.25 bits per heavy atom. The molecule has 0 spiro atoms. The second kappa shape index (κ2) is 10.5. The Morgan fingerprint density at radius 1 is 1.03 bits per heavy atom. The molecule has 1 fully saturated rings. The molecule has 1 aliphatic heterocycles. The van der Waals surface area contributed by atoms with Crippen LogP contribution in [-0.4, -0.2) is 39.8 Å². The van der Waals surface area contributed by atoms with E-state index in [1.807, 2.05) is 29.6 Å². The monoisotopic (exact) mass is 509 g/mol. The van der Waals surface area contributed by atoms with Crippen molar-refractivity contribution in [1.82, 2.24) is 26.1 Å². The summed E-state index contributed by atoms with van der Waals surface area (Å²) < 4.78 is 52.0. The molecular formula is C24H27F4N5O3. The number of nitrogens with zero attached hydrogens (tertiary/aromatic N) is 2. The summed E-state index contributed by atoms with van der Waals surface area (Å²) in [7, 11) is 0. The highest BCUT2D eigenvalue weighted by Crippen LogP contribution is 2.30. The summed E-state index contributed by atoms with van der Waals surface area (Å²) in [5, 5.41) is 2.53. The number of rotatable bonds is 4. The van der Waals surface area contributed by atoms with E-state index < -0.39 is 41.1 Å². The number of carbonyl (C=O) groups is 3. The predicted molar refractivity (Wildman–Crippen MR) is 122 cm³/mol. The number of nitrogens with one attached hydrogen (secondary N) is 3. The second-order valence-corrected chi connectivity index (χ2v) is 8.91. The van der Waals surface area contributed by atoms with Gasteiger partial charge in [-0.25, -0.2) is 14.6 Å². The first-order chi connectivity index (χ1) is 16.8. The minimum absolute atomic E-state index is 0.109. The van der Waals surface area contributed by atoms with Gasteiger partial charge in [-0.3, -0.25) is 20.0 Å². The number of likely N-dealkylation sites (tertiary alicyclic amines) is 1. The maximum atomic E-state index is 13.5. The number of carbonyl (C=O) groups excluding carboxylic acids is 3. The number of hydrazine groups is 1. The molecule has 2 heterocycles. The molecule has 4 amide bonds. The Hall–Kier alpha value is -3.70. The zero-order valence-electron chi connectivity index (χ0n) is 20.2. The maximum absolute atomic E-state index is 13.5. The van der Waals surface area contributed by atoms with Gasteiger partial charge in [0.1, 0.15) is 5.82 Å². The topological polar surface area (TPSA) is 103 Å². The summed E-state index contributed by atoms with van der Waals surface area (Å²) in [5.74, 6) is -2.49. The quantitative estimate of drug-likeness (QED) is 0.423. The first-order valence-corrected chi connectivity index (χ1v) is 11.3. The second-order valence-electron chi connectivity index (χ2n) is 8.91. The zero-order chi connectivity index (χ0) is 26.8. The smallest absolute Gasteiger partial charge is 0.333 e. The summed E-state index contributed by atoms with van der Waals surface area (Å²) in [5.41, 5.74) is 3.59. The van der Waals surface area contributed by atoms with Crippen molar-refractivity contribution in [3.63, 3.8) is 0 Å². The van der Waals surface area contributed by atoms with E-state index in [2.05, 4.69) is 10.3 Å². The van der Waals surface area contributed by atoms with Crippen LogP contribution in [0.15, 0.2) is 30.5 Å². The number of alkyl halides is 3. The van der Waals surface area contributed by atoms with Gasteiger partial charge in [0.15, 0.2) is 0 Å². The summed E-state index contributed by atoms with van der Waals surface area (Å²) in [4.78, 5) is 43.4. The van der Waals surface area contributed by atoms with Crippen molar-refractivity contribution in [2.24, 2.45) is 0 Å². The fourth-order valence-electron chi connectivity index (χ4n) is 4.27. The van der Waals surface area contributed by atoms with Crippen molar-refractivity contribution in [3.05, 3.63) is 64.2 Å². The van der Waals surface area contributed by atoms with Crippen molar-refractivity contribution < 1.29 is 31.9 Å². The fraction of sp³-hybridized carbons (Fsp3) is 0.417. The van der Waals surface area contributed by atoms with E-state index in [0.29, 0.717) is 29.0 Å². The van der Waals surface area contributed by atoms with Crippen molar-refractivity contribution in [2.75, 3.05) is 0 Å². The maximum Gasteiger partial charge on any atom is 0.416 e. The molecule has 8 nitrogen and oxygen atoms in total. The van der Waals surface area contributed by atoms with Crippen LogP contribution in [0.5, 0.6) is 0 Å². The van der Waals surface area contributed by atoms with Gasteiger partial charge in [0.25, 0.3) is 11.8 Å². The first kappa shape index (κ1) is 26.9. The number of benzene rings is 1. The molecule has 1 aromatic heterocycles. The number of pyridine rings is 1. The van der Waals surface area contributed by atoms with Gasteiger partial charge in [0.2, 0.25) is 0 Å². The standard InChI is InChI=1S/C24H27F4N5O3/c1-12-7-17(22(35)33-13(2)5-6-14(33)3)11-29-20(12)15(4)30-23(36)32-31-21(34)16-8-18(24(26,27)28)10-19(25)9-16/h7-11,13-15H,5-6H2,1-4H3,(H,31,34)(H2,30,32,36)/t13-,14+,15-/m1/s1. The van der Waals surface area contributed by atoms with E-state index >= 15 is 0 Å². The minimum Gasteiger partial charge on any atom is -0.333 e. The lowest BCUT2D eigenvalue weighted by atomic mass is 10.1. The minimum atomic E-state index is -4.84. The summed E-state index contributed by atoms with van der Waals surface area (Å²) in [6.07, 6.45) is -1.52. The lowest BCUT2D eigenvalue weighted by Gasteiger charge is -2.26. The normalized spacial score (nSPS) is 18.5. The Kier molecular flexibility index (Phi) is 7.85. The highest BCUT2D eigenvalue weighted by atomic mass is 19.4. The third-order valence-electron chi connectivity index (χ3n) is 6.09. The van der Waals surface area contributed by atoms with Crippen LogP contribution < -0.4 is 16.2 Å². The van der Waals surface area contributed by atoms with Gasteiger partial charge in [-0.15, -0.1) is 0 Å². The average Bonchev–Trinajstić information content (AvgIpc) is 3.13. The van der Waals surface area contributed by atoms with Gasteiger partial charge in [-0.1, -0.05) is 0 Å². The van der Waals surface area contributed by atoms with Crippen molar-refractivity contribution in [2.45, 2.75) is 64.8 Å². The number of hydrogen-bond acceptors (Lipinski definition) is 4. The van der Waals surface area contributed by atoms with Gasteiger partial charge in [-0.2, -0.15) is 13.2 Å². The molecule has 12 heteroatoms. The molecule has 2 aromatic rings. The van der Waals surface area contributed by atoms with Crippen molar-refractivity contribution in [1.29, 1.82) is 0 Å². The number of amides is 4. The number of urea groups is 1. The number of hydrogen-bond donors (Lipinski definition) is 3. The molecule has 3 rings (SSSR count). The van der Waals surface area contributed by atoms with Crippen LogP contribution in [0.25, 0.3) is 0 Å². The van der Waals surface area contributed by atoms with E-state index in [0.717, 1.165) is 12.8 Å². The molecule has 1 aromatic carbocycles. The molecule has 3 N–H and O–H groups in total. The van der Waals surface area contributed by atoms with Crippen LogP contribution in [0.1, 0.15) is 77.2 Å². The van der Waals surface area contributed by atoms with Crippen molar-refractivity contribution >= 4 is 17.8 Å². The molecule has 0 aliphatic carbocycles. The molecule has 194 valence electrons. The van der Waals surface area contributed by atoms with E-state index in [1.54, 1.807) is 19.9 Å². The molecular weight excluding hydrogens is 482 g/mol. The Morgan fingerprint density at radius 2 is 1.67 bits per heavy atom. The molecule has 1 saturated heterocycles. The molecule has 0 saturated carbocycles. The number of halogens is 4. The Labute approximate surface area is 205 Å². The number of aromatic nitrogens is 1. The van der Waals surface area contributed by atoms with Gasteiger partial charge >= 0.3 is 12.2 Å². The van der Waals surface area contributed by atoms with E-state index in [9.17, 15) is 31.9 Å². The first-order valence-electron chi connectivity index (χ1n) is 11.3.